The monoisotopic (exact) mass is 414 g/mol. The molecule has 0 N–H and O–H groups in total. The lowest BCUT2D eigenvalue weighted by Gasteiger charge is -2.21. The molecule has 150 valence electrons. The number of ether oxygens (including phenoxy) is 1. The van der Waals surface area contributed by atoms with Crippen LogP contribution in [0.2, 0.25) is 5.02 Å². The van der Waals surface area contributed by atoms with E-state index in [0.29, 0.717) is 23.0 Å². The van der Waals surface area contributed by atoms with Gasteiger partial charge in [-0.3, -0.25) is 14.9 Å². The topological polar surface area (TPSA) is 90.5 Å². The molecule has 2 aromatic carbocycles. The predicted molar refractivity (Wildman–Crippen MR) is 110 cm³/mol. The number of carbonyl (C=O) groups excluding carboxylic acids is 1. The second-order valence-electron chi connectivity index (χ2n) is 6.46. The molecule has 0 bridgehead atoms. The van der Waals surface area contributed by atoms with E-state index in [9.17, 15) is 14.9 Å². The van der Waals surface area contributed by atoms with E-state index in [1.165, 1.54) is 12.3 Å². The molecule has 0 atom stereocenters. The number of anilines is 1. The summed E-state index contributed by atoms with van der Waals surface area (Å²) in [5.41, 5.74) is 1.18. The molecule has 8 nitrogen and oxygen atoms in total. The van der Waals surface area contributed by atoms with Crippen LogP contribution in [-0.2, 0) is 13.6 Å². The van der Waals surface area contributed by atoms with Crippen LogP contribution in [0.25, 0.3) is 0 Å². The van der Waals surface area contributed by atoms with E-state index < -0.39 is 4.92 Å². The van der Waals surface area contributed by atoms with Crippen LogP contribution in [0, 0.1) is 10.1 Å². The molecule has 0 amide bonds. The Morgan fingerprint density at radius 1 is 1.31 bits per heavy atom. The smallest absolute Gasteiger partial charge is 0.293 e. The molecular formula is C20H19ClN4O4. The SMILES string of the molecule is COc1ccc(Cl)cc1CN(C)c1ccc(C(=O)c2nccn2C)cc1[N+](=O)[O-]. The molecule has 29 heavy (non-hydrogen) atoms. The second-order valence-corrected chi connectivity index (χ2v) is 6.90. The molecule has 1 aromatic heterocycles. The van der Waals surface area contributed by atoms with Crippen molar-refractivity contribution in [1.82, 2.24) is 9.55 Å². The molecule has 0 aliphatic heterocycles. The first-order chi connectivity index (χ1) is 13.8. The van der Waals surface area contributed by atoms with Gasteiger partial charge >= 0.3 is 0 Å². The number of nitrogens with zero attached hydrogens (tertiary/aromatic N) is 4. The van der Waals surface area contributed by atoms with Gasteiger partial charge in [0.2, 0.25) is 5.78 Å². The molecule has 1 heterocycles. The summed E-state index contributed by atoms with van der Waals surface area (Å²) >= 11 is 6.07. The number of nitro benzene ring substituents is 1. The number of ketones is 1. The summed E-state index contributed by atoms with van der Waals surface area (Å²) in [6, 6.07) is 9.61. The standard InChI is InChI=1S/C20H19ClN4O4/c1-23-9-8-22-20(23)19(26)13-4-6-16(17(11-13)25(27)28)24(2)12-14-10-15(21)5-7-18(14)29-3/h4-11H,12H2,1-3H3. The highest BCUT2D eigenvalue weighted by Gasteiger charge is 2.23. The fourth-order valence-electron chi connectivity index (χ4n) is 3.06. The second kappa shape index (κ2) is 8.32. The zero-order valence-electron chi connectivity index (χ0n) is 16.1. The third-order valence-corrected chi connectivity index (χ3v) is 4.75. The molecule has 9 heteroatoms. The number of nitro groups is 1. The number of methoxy groups -OCH3 is 1. The van der Waals surface area contributed by atoms with E-state index in [2.05, 4.69) is 4.98 Å². The van der Waals surface area contributed by atoms with Crippen molar-refractivity contribution in [1.29, 1.82) is 0 Å². The van der Waals surface area contributed by atoms with Crippen molar-refractivity contribution < 1.29 is 14.5 Å². The first-order valence-electron chi connectivity index (χ1n) is 8.66. The minimum absolute atomic E-state index is 0.173. The third-order valence-electron chi connectivity index (χ3n) is 4.52. The Morgan fingerprint density at radius 3 is 2.69 bits per heavy atom. The van der Waals surface area contributed by atoms with Crippen LogP contribution >= 0.6 is 11.6 Å². The van der Waals surface area contributed by atoms with Crippen LogP contribution in [0.3, 0.4) is 0 Å². The van der Waals surface area contributed by atoms with Gasteiger partial charge in [0.15, 0.2) is 5.82 Å². The number of aryl methyl sites for hydroxylation is 1. The van der Waals surface area contributed by atoms with Gasteiger partial charge in [0.1, 0.15) is 11.4 Å². The first-order valence-corrected chi connectivity index (χ1v) is 9.03. The van der Waals surface area contributed by atoms with E-state index >= 15 is 0 Å². The summed E-state index contributed by atoms with van der Waals surface area (Å²) in [6.45, 7) is 0.331. The van der Waals surface area contributed by atoms with Gasteiger partial charge in [-0.25, -0.2) is 4.98 Å². The normalized spacial score (nSPS) is 10.6. The number of hydrogen-bond donors (Lipinski definition) is 0. The summed E-state index contributed by atoms with van der Waals surface area (Å²) in [5, 5.41) is 12.2. The van der Waals surface area contributed by atoms with Crippen LogP contribution in [0.4, 0.5) is 11.4 Å². The zero-order valence-corrected chi connectivity index (χ0v) is 16.9. The average Bonchev–Trinajstić information content (AvgIpc) is 3.13. The highest BCUT2D eigenvalue weighted by molar-refractivity contribution is 6.30. The number of aromatic nitrogens is 2. The maximum absolute atomic E-state index is 12.6. The molecule has 0 radical (unpaired) electrons. The van der Waals surface area contributed by atoms with Crippen molar-refractivity contribution in [3.8, 4) is 5.75 Å². The number of benzene rings is 2. The predicted octanol–water partition coefficient (Wildman–Crippen LogP) is 3.86. The molecule has 0 saturated heterocycles. The summed E-state index contributed by atoms with van der Waals surface area (Å²) in [6.07, 6.45) is 3.14. The Hall–Kier alpha value is -3.39. The van der Waals surface area contributed by atoms with Gasteiger partial charge in [-0.15, -0.1) is 0 Å². The van der Waals surface area contributed by atoms with Crippen LogP contribution < -0.4 is 9.64 Å². The minimum atomic E-state index is -0.504. The van der Waals surface area contributed by atoms with Crippen LogP contribution in [0.1, 0.15) is 21.7 Å². The number of rotatable bonds is 7. The Labute approximate surface area is 172 Å². The van der Waals surface area contributed by atoms with E-state index in [1.54, 1.807) is 67.2 Å². The van der Waals surface area contributed by atoms with Crippen molar-refractivity contribution in [2.45, 2.75) is 6.54 Å². The number of halogens is 1. The lowest BCUT2D eigenvalue weighted by Crippen LogP contribution is -2.19. The van der Waals surface area contributed by atoms with E-state index in [-0.39, 0.29) is 22.9 Å². The average molecular weight is 415 g/mol. The van der Waals surface area contributed by atoms with E-state index in [1.807, 2.05) is 0 Å². The van der Waals surface area contributed by atoms with Crippen molar-refractivity contribution in [3.63, 3.8) is 0 Å². The fourth-order valence-corrected chi connectivity index (χ4v) is 3.25. The van der Waals surface area contributed by atoms with Gasteiger partial charge in [0, 0.05) is 55.2 Å². The fraction of sp³-hybridized carbons (Fsp3) is 0.200. The van der Waals surface area contributed by atoms with Crippen molar-refractivity contribution in [3.05, 3.63) is 80.9 Å². The van der Waals surface area contributed by atoms with Gasteiger partial charge in [0.25, 0.3) is 5.69 Å². The number of imidazole rings is 1. The van der Waals surface area contributed by atoms with Gasteiger partial charge in [-0.05, 0) is 30.3 Å². The van der Waals surface area contributed by atoms with Crippen molar-refractivity contribution in [2.75, 3.05) is 19.1 Å². The lowest BCUT2D eigenvalue weighted by atomic mass is 10.1. The molecule has 0 aliphatic carbocycles. The Bertz CT molecular complexity index is 1080. The number of hydrogen-bond acceptors (Lipinski definition) is 6. The summed E-state index contributed by atoms with van der Waals surface area (Å²) in [7, 11) is 4.96. The third kappa shape index (κ3) is 4.22. The maximum Gasteiger partial charge on any atom is 0.293 e. The number of carbonyl (C=O) groups is 1. The van der Waals surface area contributed by atoms with Crippen LogP contribution in [0.5, 0.6) is 5.75 Å². The largest absolute Gasteiger partial charge is 0.496 e. The Kier molecular flexibility index (Phi) is 5.84. The van der Waals surface area contributed by atoms with Crippen molar-refractivity contribution >= 4 is 28.8 Å². The molecular weight excluding hydrogens is 396 g/mol. The van der Waals surface area contributed by atoms with Gasteiger partial charge < -0.3 is 14.2 Å². The van der Waals surface area contributed by atoms with Gasteiger partial charge in [-0.2, -0.15) is 0 Å². The van der Waals surface area contributed by atoms with Crippen LogP contribution in [0.15, 0.2) is 48.8 Å². The minimum Gasteiger partial charge on any atom is -0.496 e. The highest BCUT2D eigenvalue weighted by Crippen LogP contribution is 2.32. The Balaban J connectivity index is 1.95. The molecule has 3 aromatic rings. The lowest BCUT2D eigenvalue weighted by molar-refractivity contribution is -0.384. The summed E-state index contributed by atoms with van der Waals surface area (Å²) in [5.74, 6) is 0.459. The van der Waals surface area contributed by atoms with Crippen molar-refractivity contribution in [2.24, 2.45) is 7.05 Å². The molecule has 0 unspecified atom stereocenters. The maximum atomic E-state index is 12.6. The molecule has 0 saturated carbocycles. The summed E-state index contributed by atoms with van der Waals surface area (Å²) in [4.78, 5) is 29.6. The van der Waals surface area contributed by atoms with Crippen LogP contribution in [-0.4, -0.2) is 34.4 Å². The van der Waals surface area contributed by atoms with Gasteiger partial charge in [0.05, 0.1) is 12.0 Å². The summed E-state index contributed by atoms with van der Waals surface area (Å²) < 4.78 is 6.91. The van der Waals surface area contributed by atoms with E-state index in [4.69, 9.17) is 16.3 Å². The molecule has 0 fully saturated rings. The van der Waals surface area contributed by atoms with Gasteiger partial charge in [-0.1, -0.05) is 11.6 Å². The molecule has 0 aliphatic rings. The quantitative estimate of drug-likeness (QED) is 0.331. The zero-order chi connectivity index (χ0) is 21.1. The Morgan fingerprint density at radius 2 is 2.07 bits per heavy atom. The molecule has 0 spiro atoms. The first kappa shape index (κ1) is 20.3. The van der Waals surface area contributed by atoms with E-state index in [0.717, 1.165) is 5.56 Å². The highest BCUT2D eigenvalue weighted by atomic mass is 35.5. The molecule has 3 rings (SSSR count).